The zero-order valence-electron chi connectivity index (χ0n) is 10.9. The number of nitro groups is 1. The van der Waals surface area contributed by atoms with E-state index in [2.05, 4.69) is 0 Å². The largest absolute Gasteiger partial charge is 0.497 e. The zero-order chi connectivity index (χ0) is 14.4. The van der Waals surface area contributed by atoms with Crippen molar-refractivity contribution in [3.05, 3.63) is 70.4 Å². The summed E-state index contributed by atoms with van der Waals surface area (Å²) in [6.07, 6.45) is 2.43. The molecule has 0 N–H and O–H groups in total. The number of benzene rings is 2. The molecule has 0 unspecified atom stereocenters. The van der Waals surface area contributed by atoms with Crippen molar-refractivity contribution < 1.29 is 9.66 Å². The van der Waals surface area contributed by atoms with Gasteiger partial charge in [-0.15, -0.1) is 0 Å². The molecule has 102 valence electrons. The average molecular weight is 287 g/mol. The van der Waals surface area contributed by atoms with Crippen molar-refractivity contribution in [2.24, 2.45) is 0 Å². The Bertz CT molecular complexity index is 623. The summed E-state index contributed by atoms with van der Waals surface area (Å²) in [5, 5.41) is 10.3. The second-order valence-corrected chi connectivity index (χ2v) is 5.10. The van der Waals surface area contributed by atoms with Crippen molar-refractivity contribution in [1.29, 1.82) is 0 Å². The maximum absolute atomic E-state index is 10.3. The number of rotatable bonds is 5. The van der Waals surface area contributed by atoms with Crippen LogP contribution in [0.5, 0.6) is 5.75 Å². The normalized spacial score (nSPS) is 10.7. The lowest BCUT2D eigenvalue weighted by Gasteiger charge is -2.04. The van der Waals surface area contributed by atoms with Gasteiger partial charge in [-0.3, -0.25) is 10.1 Å². The van der Waals surface area contributed by atoms with Gasteiger partial charge in [-0.2, -0.15) is 0 Å². The zero-order valence-corrected chi connectivity index (χ0v) is 11.7. The Kier molecular flexibility index (Phi) is 4.79. The van der Waals surface area contributed by atoms with Crippen LogP contribution in [-0.2, 0) is 0 Å². The van der Waals surface area contributed by atoms with Crippen molar-refractivity contribution in [3.63, 3.8) is 0 Å². The van der Waals surface area contributed by atoms with Gasteiger partial charge in [0.1, 0.15) is 5.75 Å². The standard InChI is InChI=1S/C15H13NO3S/c1-19-13-5-7-14(8-6-13)20-15-4-2-3-12(11-15)9-10-16(17)18/h2-11H,1H3/b10-9+. The predicted octanol–water partition coefficient (Wildman–Crippen LogP) is 4.09. The highest BCUT2D eigenvalue weighted by Crippen LogP contribution is 2.29. The monoisotopic (exact) mass is 287 g/mol. The van der Waals surface area contributed by atoms with Crippen LogP contribution >= 0.6 is 11.8 Å². The second-order valence-electron chi connectivity index (χ2n) is 3.95. The summed E-state index contributed by atoms with van der Waals surface area (Å²) in [5.41, 5.74) is 0.806. The molecule has 2 rings (SSSR count). The van der Waals surface area contributed by atoms with Gasteiger partial charge in [0.05, 0.1) is 12.0 Å². The van der Waals surface area contributed by atoms with E-state index in [1.165, 1.54) is 6.08 Å². The Morgan fingerprint density at radius 2 is 1.90 bits per heavy atom. The summed E-state index contributed by atoms with van der Waals surface area (Å²) in [6, 6.07) is 15.3. The summed E-state index contributed by atoms with van der Waals surface area (Å²) in [5.74, 6) is 0.817. The van der Waals surface area contributed by atoms with Crippen molar-refractivity contribution in [3.8, 4) is 5.75 Å². The number of methoxy groups -OCH3 is 1. The first-order valence-corrected chi connectivity index (χ1v) is 6.73. The smallest absolute Gasteiger partial charge is 0.235 e. The first-order chi connectivity index (χ1) is 9.67. The van der Waals surface area contributed by atoms with Crippen LogP contribution in [0.4, 0.5) is 0 Å². The molecule has 0 saturated carbocycles. The van der Waals surface area contributed by atoms with E-state index in [0.717, 1.165) is 27.3 Å². The van der Waals surface area contributed by atoms with Crippen LogP contribution < -0.4 is 4.74 Å². The molecule has 2 aromatic carbocycles. The molecule has 5 heteroatoms. The van der Waals surface area contributed by atoms with Crippen molar-refractivity contribution in [2.45, 2.75) is 9.79 Å². The molecule has 0 radical (unpaired) electrons. The molecule has 0 fully saturated rings. The third-order valence-corrected chi connectivity index (χ3v) is 3.54. The van der Waals surface area contributed by atoms with Crippen LogP contribution in [0.2, 0.25) is 0 Å². The number of hydrogen-bond acceptors (Lipinski definition) is 4. The number of ether oxygens (including phenoxy) is 1. The van der Waals surface area contributed by atoms with Crippen LogP contribution in [0.1, 0.15) is 5.56 Å². The SMILES string of the molecule is COc1ccc(Sc2cccc(/C=C/[N+](=O)[O-])c2)cc1. The van der Waals surface area contributed by atoms with Crippen LogP contribution in [0.25, 0.3) is 6.08 Å². The molecule has 0 heterocycles. The van der Waals surface area contributed by atoms with Crippen molar-refractivity contribution in [2.75, 3.05) is 7.11 Å². The minimum absolute atomic E-state index is 0.469. The van der Waals surface area contributed by atoms with Crippen LogP contribution in [0, 0.1) is 10.1 Å². The quantitative estimate of drug-likeness (QED) is 0.614. The Labute approximate surface area is 121 Å². The van der Waals surface area contributed by atoms with E-state index in [4.69, 9.17) is 4.74 Å². The van der Waals surface area contributed by atoms with Gasteiger partial charge < -0.3 is 4.74 Å². The molecule has 0 aliphatic rings. The first-order valence-electron chi connectivity index (χ1n) is 5.91. The highest BCUT2D eigenvalue weighted by Gasteiger charge is 1.99. The molecule has 0 bridgehead atoms. The van der Waals surface area contributed by atoms with E-state index in [1.54, 1.807) is 18.9 Å². The molecular weight excluding hydrogens is 274 g/mol. The van der Waals surface area contributed by atoms with Gasteiger partial charge in [-0.25, -0.2) is 0 Å². The van der Waals surface area contributed by atoms with Crippen LogP contribution in [-0.4, -0.2) is 12.0 Å². The maximum Gasteiger partial charge on any atom is 0.235 e. The summed E-state index contributed by atoms with van der Waals surface area (Å²) in [7, 11) is 1.63. The topological polar surface area (TPSA) is 52.4 Å². The summed E-state index contributed by atoms with van der Waals surface area (Å²) in [6.45, 7) is 0. The Hall–Kier alpha value is -2.27. The third-order valence-electron chi connectivity index (χ3n) is 2.54. The Balaban J connectivity index is 2.12. The molecule has 0 atom stereocenters. The minimum atomic E-state index is -0.469. The maximum atomic E-state index is 10.3. The fourth-order valence-electron chi connectivity index (χ4n) is 1.61. The molecule has 20 heavy (non-hydrogen) atoms. The third kappa shape index (κ3) is 4.13. The van der Waals surface area contributed by atoms with Gasteiger partial charge in [0.25, 0.3) is 0 Å². The van der Waals surface area contributed by atoms with Crippen LogP contribution in [0.3, 0.4) is 0 Å². The Morgan fingerprint density at radius 3 is 2.55 bits per heavy atom. The molecule has 0 aliphatic carbocycles. The lowest BCUT2D eigenvalue weighted by molar-refractivity contribution is -0.400. The molecule has 0 amide bonds. The van der Waals surface area contributed by atoms with Gasteiger partial charge in [0.2, 0.25) is 6.20 Å². The van der Waals surface area contributed by atoms with E-state index in [9.17, 15) is 10.1 Å². The second kappa shape index (κ2) is 6.77. The van der Waals surface area contributed by atoms with E-state index >= 15 is 0 Å². The molecule has 0 saturated heterocycles. The van der Waals surface area contributed by atoms with Crippen LogP contribution in [0.15, 0.2) is 64.5 Å². The number of nitrogens with zero attached hydrogens (tertiary/aromatic N) is 1. The first kappa shape index (κ1) is 14.1. The van der Waals surface area contributed by atoms with Gasteiger partial charge in [0.15, 0.2) is 0 Å². The lowest BCUT2D eigenvalue weighted by atomic mass is 10.2. The summed E-state index contributed by atoms with van der Waals surface area (Å²) in [4.78, 5) is 12.0. The highest BCUT2D eigenvalue weighted by atomic mass is 32.2. The summed E-state index contributed by atoms with van der Waals surface area (Å²) >= 11 is 1.60. The average Bonchev–Trinajstić information content (AvgIpc) is 2.46. The van der Waals surface area contributed by atoms with Gasteiger partial charge >= 0.3 is 0 Å². The predicted molar refractivity (Wildman–Crippen MR) is 79.6 cm³/mol. The Morgan fingerprint density at radius 1 is 1.15 bits per heavy atom. The van der Waals surface area contributed by atoms with E-state index in [-0.39, 0.29) is 0 Å². The van der Waals surface area contributed by atoms with E-state index in [0.29, 0.717) is 0 Å². The summed E-state index contributed by atoms with van der Waals surface area (Å²) < 4.78 is 5.11. The molecule has 0 spiro atoms. The fourth-order valence-corrected chi connectivity index (χ4v) is 2.49. The molecule has 0 aliphatic heterocycles. The highest BCUT2D eigenvalue weighted by molar-refractivity contribution is 7.99. The van der Waals surface area contributed by atoms with E-state index in [1.807, 2.05) is 48.5 Å². The molecule has 2 aromatic rings. The molecule has 4 nitrogen and oxygen atoms in total. The number of hydrogen-bond donors (Lipinski definition) is 0. The van der Waals surface area contributed by atoms with Crippen molar-refractivity contribution >= 4 is 17.8 Å². The van der Waals surface area contributed by atoms with E-state index < -0.39 is 4.92 Å². The molecule has 0 aromatic heterocycles. The van der Waals surface area contributed by atoms with Gasteiger partial charge in [-0.05, 0) is 42.0 Å². The van der Waals surface area contributed by atoms with Gasteiger partial charge in [0, 0.05) is 15.9 Å². The molecular formula is C15H13NO3S. The minimum Gasteiger partial charge on any atom is -0.497 e. The fraction of sp³-hybridized carbons (Fsp3) is 0.0667. The lowest BCUT2D eigenvalue weighted by Crippen LogP contribution is -1.83. The van der Waals surface area contributed by atoms with Gasteiger partial charge in [-0.1, -0.05) is 23.9 Å². The van der Waals surface area contributed by atoms with Crippen molar-refractivity contribution in [1.82, 2.24) is 0 Å².